The van der Waals surface area contributed by atoms with E-state index in [0.717, 1.165) is 5.75 Å². The number of esters is 1. The number of carbonyl (C=O) groups excluding carboxylic acids is 1. The van der Waals surface area contributed by atoms with E-state index in [1.807, 2.05) is 32.0 Å². The maximum atomic E-state index is 11.8. The van der Waals surface area contributed by atoms with E-state index < -0.39 is 10.0 Å². The van der Waals surface area contributed by atoms with E-state index in [4.69, 9.17) is 4.74 Å². The molecule has 0 bridgehead atoms. The first-order chi connectivity index (χ1) is 7.97. The molecule has 1 aromatic rings. The molecule has 0 amide bonds. The Hall–Kier alpha value is -0.960. The van der Waals surface area contributed by atoms with Crippen molar-refractivity contribution >= 4 is 16.0 Å². The van der Waals surface area contributed by atoms with Crippen molar-refractivity contribution in [1.29, 1.82) is 0 Å². The van der Waals surface area contributed by atoms with Crippen molar-refractivity contribution in [3.05, 3.63) is 35.9 Å². The lowest BCUT2D eigenvalue weighted by molar-refractivity contribution is -0.142. The largest absolute Gasteiger partial charge is 0.465 e. The van der Waals surface area contributed by atoms with Crippen molar-refractivity contribution in [3.63, 3.8) is 0 Å². The molecule has 0 aliphatic heterocycles. The van der Waals surface area contributed by atoms with Crippen LogP contribution in [-0.4, -0.2) is 30.3 Å². The van der Waals surface area contributed by atoms with E-state index >= 15 is 0 Å². The molecular weight excluding hydrogens is 232 g/mol. The van der Waals surface area contributed by atoms with Crippen LogP contribution in [0.3, 0.4) is 0 Å². The van der Waals surface area contributed by atoms with Gasteiger partial charge in [-0.3, -0.25) is 4.79 Å². The normalized spacial score (nSPS) is 14.1. The first-order valence-corrected chi connectivity index (χ1v) is 8.56. The molecule has 1 rings (SSSR count). The lowest BCUT2D eigenvalue weighted by Gasteiger charge is -2.36. The highest BCUT2D eigenvalue weighted by Gasteiger charge is 2.28. The van der Waals surface area contributed by atoms with Crippen molar-refractivity contribution in [2.24, 2.45) is 0 Å². The third-order valence-corrected chi connectivity index (χ3v) is 6.14. The highest BCUT2D eigenvalue weighted by atomic mass is 32.3. The minimum Gasteiger partial charge on any atom is -0.465 e. The minimum absolute atomic E-state index is 0.0114. The zero-order valence-electron chi connectivity index (χ0n) is 11.1. The SMILES string of the molecule is CCOC(=O)[C@@H](C)S(C)(C)Cc1ccccc1. The second-order valence-electron chi connectivity index (χ2n) is 4.65. The molecule has 17 heavy (non-hydrogen) atoms. The van der Waals surface area contributed by atoms with Crippen molar-refractivity contribution in [2.75, 3.05) is 19.1 Å². The predicted molar refractivity (Wildman–Crippen MR) is 75.7 cm³/mol. The predicted octanol–water partition coefficient (Wildman–Crippen LogP) is 3.20. The molecule has 0 aliphatic rings. The molecule has 0 fully saturated rings. The van der Waals surface area contributed by atoms with Gasteiger partial charge < -0.3 is 4.74 Å². The van der Waals surface area contributed by atoms with E-state index in [1.165, 1.54) is 5.56 Å². The molecule has 1 aromatic carbocycles. The highest BCUT2D eigenvalue weighted by Crippen LogP contribution is 2.48. The standard InChI is InChI=1S/C14H22O2S/c1-5-16-14(15)12(2)17(3,4)11-13-9-7-6-8-10-13/h6-10,12H,5,11H2,1-4H3/t12-/m1/s1. The van der Waals surface area contributed by atoms with Gasteiger partial charge in [0.05, 0.1) is 11.9 Å². The summed E-state index contributed by atoms with van der Waals surface area (Å²) >= 11 is 0. The van der Waals surface area contributed by atoms with Crippen LogP contribution in [0, 0.1) is 0 Å². The van der Waals surface area contributed by atoms with Crippen molar-refractivity contribution < 1.29 is 9.53 Å². The van der Waals surface area contributed by atoms with Crippen LogP contribution < -0.4 is 0 Å². The van der Waals surface area contributed by atoms with Gasteiger partial charge in [-0.15, -0.1) is 0 Å². The Balaban J connectivity index is 2.71. The van der Waals surface area contributed by atoms with Gasteiger partial charge in [0.15, 0.2) is 0 Å². The van der Waals surface area contributed by atoms with Crippen LogP contribution in [0.1, 0.15) is 19.4 Å². The van der Waals surface area contributed by atoms with Gasteiger partial charge in [0.2, 0.25) is 0 Å². The van der Waals surface area contributed by atoms with Crippen LogP contribution in [0.25, 0.3) is 0 Å². The third kappa shape index (κ3) is 4.08. The van der Waals surface area contributed by atoms with Gasteiger partial charge in [-0.05, 0) is 31.9 Å². The Morgan fingerprint density at radius 2 is 1.88 bits per heavy atom. The summed E-state index contributed by atoms with van der Waals surface area (Å²) in [6, 6.07) is 10.3. The molecule has 1 atom stereocenters. The number of hydrogen-bond donors (Lipinski definition) is 0. The van der Waals surface area contributed by atoms with E-state index in [-0.39, 0.29) is 11.2 Å². The summed E-state index contributed by atoms with van der Waals surface area (Å²) < 4.78 is 5.11. The monoisotopic (exact) mass is 254 g/mol. The molecule has 2 nitrogen and oxygen atoms in total. The summed E-state index contributed by atoms with van der Waals surface area (Å²) in [6.45, 7) is 4.30. The molecule has 0 heterocycles. The Morgan fingerprint density at radius 1 is 1.29 bits per heavy atom. The van der Waals surface area contributed by atoms with Crippen LogP contribution >= 0.6 is 10.0 Å². The van der Waals surface area contributed by atoms with Gasteiger partial charge in [-0.25, -0.2) is 10.0 Å². The average Bonchev–Trinajstić information content (AvgIpc) is 2.29. The molecular formula is C14H22O2S. The van der Waals surface area contributed by atoms with E-state index in [1.54, 1.807) is 0 Å². The first-order valence-electron chi connectivity index (χ1n) is 5.88. The van der Waals surface area contributed by atoms with Crippen molar-refractivity contribution in [3.8, 4) is 0 Å². The summed E-state index contributed by atoms with van der Waals surface area (Å²) in [6.07, 6.45) is 4.39. The fourth-order valence-corrected chi connectivity index (χ4v) is 3.54. The first kappa shape index (κ1) is 14.1. The quantitative estimate of drug-likeness (QED) is 0.754. The summed E-state index contributed by atoms with van der Waals surface area (Å²) in [5.41, 5.74) is 1.30. The number of ether oxygens (including phenoxy) is 1. The van der Waals surface area contributed by atoms with Crippen LogP contribution in [0.4, 0.5) is 0 Å². The summed E-state index contributed by atoms with van der Waals surface area (Å²) in [7, 11) is -1.01. The molecule has 0 aliphatic carbocycles. The summed E-state index contributed by atoms with van der Waals surface area (Å²) in [4.78, 5) is 11.8. The second-order valence-corrected chi connectivity index (χ2v) is 8.89. The smallest absolute Gasteiger partial charge is 0.317 e. The van der Waals surface area contributed by atoms with Crippen molar-refractivity contribution in [2.45, 2.75) is 24.9 Å². The number of rotatable bonds is 5. The summed E-state index contributed by atoms with van der Waals surface area (Å²) in [5.74, 6) is 0.900. The Bertz CT molecular complexity index is 360. The molecule has 3 heteroatoms. The van der Waals surface area contributed by atoms with Crippen LogP contribution in [0.5, 0.6) is 0 Å². The number of benzene rings is 1. The Kier molecular flexibility index (Phi) is 5.06. The Morgan fingerprint density at radius 3 is 2.41 bits per heavy atom. The lowest BCUT2D eigenvalue weighted by Crippen LogP contribution is -2.26. The summed E-state index contributed by atoms with van der Waals surface area (Å²) in [5, 5.41) is -0.0114. The van der Waals surface area contributed by atoms with Crippen LogP contribution in [0.15, 0.2) is 30.3 Å². The maximum absolute atomic E-state index is 11.8. The molecule has 0 saturated heterocycles. The van der Waals surface area contributed by atoms with Gasteiger partial charge in [0, 0.05) is 5.75 Å². The number of carbonyl (C=O) groups is 1. The maximum Gasteiger partial charge on any atom is 0.317 e. The van der Waals surface area contributed by atoms with Gasteiger partial charge >= 0.3 is 5.97 Å². The molecule has 0 spiro atoms. The van der Waals surface area contributed by atoms with Crippen LogP contribution in [-0.2, 0) is 15.3 Å². The van der Waals surface area contributed by atoms with E-state index in [2.05, 4.69) is 24.6 Å². The zero-order chi connectivity index (χ0) is 12.9. The van der Waals surface area contributed by atoms with Gasteiger partial charge in [-0.2, -0.15) is 0 Å². The minimum atomic E-state index is -1.01. The molecule has 0 radical (unpaired) electrons. The molecule has 0 N–H and O–H groups in total. The topological polar surface area (TPSA) is 26.3 Å². The molecule has 0 unspecified atom stereocenters. The highest BCUT2D eigenvalue weighted by molar-refractivity contribution is 8.32. The van der Waals surface area contributed by atoms with Gasteiger partial charge in [0.1, 0.15) is 0 Å². The number of hydrogen-bond acceptors (Lipinski definition) is 2. The average molecular weight is 254 g/mol. The van der Waals surface area contributed by atoms with Crippen molar-refractivity contribution in [1.82, 2.24) is 0 Å². The van der Waals surface area contributed by atoms with Crippen LogP contribution in [0.2, 0.25) is 0 Å². The van der Waals surface area contributed by atoms with Gasteiger partial charge in [-0.1, -0.05) is 30.3 Å². The van der Waals surface area contributed by atoms with E-state index in [9.17, 15) is 4.79 Å². The molecule has 0 saturated carbocycles. The molecule has 0 aromatic heterocycles. The fourth-order valence-electron chi connectivity index (χ4n) is 1.65. The molecule has 96 valence electrons. The lowest BCUT2D eigenvalue weighted by atomic mass is 10.2. The van der Waals surface area contributed by atoms with E-state index in [0.29, 0.717) is 6.61 Å². The zero-order valence-corrected chi connectivity index (χ0v) is 11.9. The van der Waals surface area contributed by atoms with Gasteiger partial charge in [0.25, 0.3) is 0 Å². The Labute approximate surface area is 106 Å². The fraction of sp³-hybridized carbons (Fsp3) is 0.500. The third-order valence-electron chi connectivity index (χ3n) is 2.96. The second kappa shape index (κ2) is 6.10.